The first-order valence-corrected chi connectivity index (χ1v) is 4.88. The van der Waals surface area contributed by atoms with E-state index in [0.717, 1.165) is 6.54 Å². The number of carbonyl (C=O) groups excluding carboxylic acids is 1. The first-order chi connectivity index (χ1) is 6.18. The normalized spacial score (nSPS) is 24.5. The van der Waals surface area contributed by atoms with Gasteiger partial charge in [-0.05, 0) is 26.4 Å². The molecule has 0 bridgehead atoms. The average Bonchev–Trinajstić information content (AvgIpc) is 2.03. The lowest BCUT2D eigenvalue weighted by Crippen LogP contribution is -2.44. The van der Waals surface area contributed by atoms with E-state index in [-0.39, 0.29) is 5.91 Å². The summed E-state index contributed by atoms with van der Waals surface area (Å²) in [6, 6.07) is 0.540. The van der Waals surface area contributed by atoms with Gasteiger partial charge in [0.25, 0.3) is 0 Å². The summed E-state index contributed by atoms with van der Waals surface area (Å²) in [7, 11) is 2.13. The molecular weight excluding hydrogens is 166 g/mol. The standard InChI is InChI=1S/C9H19N3O/c1-12-6-2-3-8(7-12)11-5-4-9(10)13/h8,11H,2-7H2,1H3,(H2,10,13). The minimum Gasteiger partial charge on any atom is -0.370 e. The van der Waals surface area contributed by atoms with E-state index in [1.807, 2.05) is 0 Å². The number of likely N-dealkylation sites (tertiary alicyclic amines) is 1. The summed E-state index contributed by atoms with van der Waals surface area (Å²) >= 11 is 0. The van der Waals surface area contributed by atoms with E-state index in [4.69, 9.17) is 5.73 Å². The Balaban J connectivity index is 2.10. The number of hydrogen-bond acceptors (Lipinski definition) is 3. The van der Waals surface area contributed by atoms with Crippen molar-refractivity contribution in [1.82, 2.24) is 10.2 Å². The third-order valence-corrected chi connectivity index (χ3v) is 2.43. The summed E-state index contributed by atoms with van der Waals surface area (Å²) in [6.07, 6.45) is 2.90. The highest BCUT2D eigenvalue weighted by Gasteiger charge is 2.15. The van der Waals surface area contributed by atoms with Crippen LogP contribution in [0.4, 0.5) is 0 Å². The molecule has 1 fully saturated rings. The van der Waals surface area contributed by atoms with Crippen LogP contribution in [0.2, 0.25) is 0 Å². The van der Waals surface area contributed by atoms with Crippen molar-refractivity contribution >= 4 is 5.91 Å². The van der Waals surface area contributed by atoms with E-state index >= 15 is 0 Å². The fraction of sp³-hybridized carbons (Fsp3) is 0.889. The maximum Gasteiger partial charge on any atom is 0.218 e. The first kappa shape index (κ1) is 10.5. The number of piperidine rings is 1. The summed E-state index contributed by atoms with van der Waals surface area (Å²) in [5, 5.41) is 3.34. The predicted molar refractivity (Wildman–Crippen MR) is 52.3 cm³/mol. The van der Waals surface area contributed by atoms with Crippen LogP contribution in [0, 0.1) is 0 Å². The Morgan fingerprint density at radius 3 is 3.08 bits per heavy atom. The van der Waals surface area contributed by atoms with Gasteiger partial charge in [0.05, 0.1) is 0 Å². The highest BCUT2D eigenvalue weighted by Crippen LogP contribution is 2.07. The van der Waals surface area contributed by atoms with E-state index in [1.54, 1.807) is 0 Å². The molecule has 76 valence electrons. The molecule has 0 spiro atoms. The second kappa shape index (κ2) is 5.19. The van der Waals surface area contributed by atoms with Crippen LogP contribution in [0.5, 0.6) is 0 Å². The Bertz CT molecular complexity index is 172. The molecule has 1 aliphatic heterocycles. The molecule has 1 saturated heterocycles. The molecule has 0 saturated carbocycles. The summed E-state index contributed by atoms with van der Waals surface area (Å²) < 4.78 is 0. The lowest BCUT2D eigenvalue weighted by Gasteiger charge is -2.30. The van der Waals surface area contributed by atoms with Gasteiger partial charge in [0.2, 0.25) is 5.91 Å². The number of nitrogens with zero attached hydrogens (tertiary/aromatic N) is 1. The van der Waals surface area contributed by atoms with Crippen molar-refractivity contribution < 1.29 is 4.79 Å². The smallest absolute Gasteiger partial charge is 0.218 e. The number of carbonyl (C=O) groups is 1. The summed E-state index contributed by atoms with van der Waals surface area (Å²) in [6.45, 7) is 2.99. The van der Waals surface area contributed by atoms with Crippen molar-refractivity contribution in [1.29, 1.82) is 0 Å². The molecule has 4 nitrogen and oxygen atoms in total. The first-order valence-electron chi connectivity index (χ1n) is 4.88. The Hall–Kier alpha value is -0.610. The van der Waals surface area contributed by atoms with Gasteiger partial charge in [0.15, 0.2) is 0 Å². The lowest BCUT2D eigenvalue weighted by atomic mass is 10.1. The van der Waals surface area contributed by atoms with Crippen molar-refractivity contribution in [2.75, 3.05) is 26.7 Å². The van der Waals surface area contributed by atoms with E-state index in [9.17, 15) is 4.79 Å². The summed E-state index contributed by atoms with van der Waals surface area (Å²) in [5.41, 5.74) is 5.05. The quantitative estimate of drug-likeness (QED) is 0.623. The Labute approximate surface area is 79.5 Å². The third kappa shape index (κ3) is 4.24. The van der Waals surface area contributed by atoms with E-state index in [2.05, 4.69) is 17.3 Å². The van der Waals surface area contributed by atoms with Crippen molar-refractivity contribution in [2.24, 2.45) is 5.73 Å². The van der Waals surface area contributed by atoms with Gasteiger partial charge in [0.1, 0.15) is 0 Å². The Morgan fingerprint density at radius 2 is 2.46 bits per heavy atom. The molecule has 1 aliphatic rings. The fourth-order valence-corrected chi connectivity index (χ4v) is 1.73. The molecule has 13 heavy (non-hydrogen) atoms. The number of nitrogens with two attached hydrogens (primary N) is 1. The van der Waals surface area contributed by atoms with E-state index in [1.165, 1.54) is 19.4 Å². The van der Waals surface area contributed by atoms with Crippen molar-refractivity contribution in [3.8, 4) is 0 Å². The molecule has 0 aliphatic carbocycles. The predicted octanol–water partition coefficient (Wildman–Crippen LogP) is -0.454. The zero-order chi connectivity index (χ0) is 9.68. The second-order valence-electron chi connectivity index (χ2n) is 3.77. The highest BCUT2D eigenvalue weighted by molar-refractivity contribution is 5.73. The number of hydrogen-bond donors (Lipinski definition) is 2. The maximum atomic E-state index is 10.5. The van der Waals surface area contributed by atoms with Gasteiger partial charge in [-0.25, -0.2) is 0 Å². The molecule has 4 heteroatoms. The molecule has 0 aromatic heterocycles. The van der Waals surface area contributed by atoms with Crippen LogP contribution in [0.3, 0.4) is 0 Å². The number of rotatable bonds is 4. The van der Waals surface area contributed by atoms with Crippen LogP contribution >= 0.6 is 0 Å². The summed E-state index contributed by atoms with van der Waals surface area (Å²) in [5.74, 6) is -0.225. The molecule has 1 unspecified atom stereocenters. The van der Waals surface area contributed by atoms with Crippen molar-refractivity contribution in [2.45, 2.75) is 25.3 Å². The maximum absolute atomic E-state index is 10.5. The topological polar surface area (TPSA) is 58.4 Å². The SMILES string of the molecule is CN1CCCC(NCCC(N)=O)C1. The Kier molecular flexibility index (Phi) is 4.18. The van der Waals surface area contributed by atoms with Crippen LogP contribution in [-0.2, 0) is 4.79 Å². The van der Waals surface area contributed by atoms with Crippen LogP contribution in [0.1, 0.15) is 19.3 Å². The molecule has 0 aromatic rings. The minimum atomic E-state index is -0.225. The fourth-order valence-electron chi connectivity index (χ4n) is 1.73. The van der Waals surface area contributed by atoms with Crippen LogP contribution in [-0.4, -0.2) is 43.5 Å². The van der Waals surface area contributed by atoms with Crippen molar-refractivity contribution in [3.63, 3.8) is 0 Å². The van der Waals surface area contributed by atoms with E-state index in [0.29, 0.717) is 19.0 Å². The lowest BCUT2D eigenvalue weighted by molar-refractivity contribution is -0.117. The van der Waals surface area contributed by atoms with Gasteiger partial charge in [0, 0.05) is 25.6 Å². The Morgan fingerprint density at radius 1 is 1.69 bits per heavy atom. The molecule has 1 rings (SSSR count). The third-order valence-electron chi connectivity index (χ3n) is 2.43. The minimum absolute atomic E-state index is 0.225. The molecule has 1 amide bonds. The number of primary amides is 1. The second-order valence-corrected chi connectivity index (χ2v) is 3.77. The highest BCUT2D eigenvalue weighted by atomic mass is 16.1. The van der Waals surface area contributed by atoms with Crippen LogP contribution in [0.25, 0.3) is 0 Å². The van der Waals surface area contributed by atoms with Gasteiger partial charge < -0.3 is 16.0 Å². The molecule has 3 N–H and O–H groups in total. The monoisotopic (exact) mass is 185 g/mol. The van der Waals surface area contributed by atoms with Gasteiger partial charge in [-0.1, -0.05) is 0 Å². The summed E-state index contributed by atoms with van der Waals surface area (Å²) in [4.78, 5) is 12.8. The molecular formula is C9H19N3O. The van der Waals surface area contributed by atoms with E-state index < -0.39 is 0 Å². The zero-order valence-corrected chi connectivity index (χ0v) is 8.25. The number of likely N-dealkylation sites (N-methyl/N-ethyl adjacent to an activating group) is 1. The number of amides is 1. The van der Waals surface area contributed by atoms with Crippen LogP contribution in [0.15, 0.2) is 0 Å². The zero-order valence-electron chi connectivity index (χ0n) is 8.25. The largest absolute Gasteiger partial charge is 0.370 e. The average molecular weight is 185 g/mol. The van der Waals surface area contributed by atoms with Gasteiger partial charge in [-0.2, -0.15) is 0 Å². The van der Waals surface area contributed by atoms with Gasteiger partial charge in [-0.15, -0.1) is 0 Å². The molecule has 0 aromatic carbocycles. The molecule has 0 radical (unpaired) electrons. The molecule has 1 atom stereocenters. The van der Waals surface area contributed by atoms with Gasteiger partial charge in [-0.3, -0.25) is 4.79 Å². The van der Waals surface area contributed by atoms with Crippen molar-refractivity contribution in [3.05, 3.63) is 0 Å². The molecule has 1 heterocycles. The number of nitrogens with one attached hydrogen (secondary N) is 1. The van der Waals surface area contributed by atoms with Crippen LogP contribution < -0.4 is 11.1 Å². The van der Waals surface area contributed by atoms with Gasteiger partial charge >= 0.3 is 0 Å².